The first-order valence-corrected chi connectivity index (χ1v) is 8.81. The van der Waals surface area contributed by atoms with Crippen molar-refractivity contribution in [2.75, 3.05) is 0 Å². The monoisotopic (exact) mass is 428 g/mol. The van der Waals surface area contributed by atoms with Gasteiger partial charge >= 0.3 is 12.1 Å². The summed E-state index contributed by atoms with van der Waals surface area (Å²) >= 11 is 5.81. The van der Waals surface area contributed by atoms with Crippen molar-refractivity contribution in [3.05, 3.63) is 57.9 Å². The standard InChI is InChI=1S/C19H20ClF3N4O2/c1-18(2,3)12-7-5-11(6-8-12)17(24)26-29-14(28)10-9-13-15(19(21,22)23)25-27(4)16(13)20/h5-10H,1-4H3,(H2,24,26). The number of hydrogen-bond donors (Lipinski definition) is 1. The van der Waals surface area contributed by atoms with E-state index in [1.54, 1.807) is 12.1 Å². The molecule has 1 aromatic heterocycles. The van der Waals surface area contributed by atoms with Crippen LogP contribution in [0.1, 0.15) is 43.2 Å². The van der Waals surface area contributed by atoms with Gasteiger partial charge in [0, 0.05) is 24.3 Å². The van der Waals surface area contributed by atoms with Crippen molar-refractivity contribution in [2.24, 2.45) is 17.9 Å². The summed E-state index contributed by atoms with van der Waals surface area (Å²) < 4.78 is 39.8. The Balaban J connectivity index is 2.12. The molecule has 10 heteroatoms. The molecule has 0 radical (unpaired) electrons. The third-order valence-electron chi connectivity index (χ3n) is 3.95. The first kappa shape index (κ1) is 22.5. The normalized spacial score (nSPS) is 13.2. The van der Waals surface area contributed by atoms with E-state index in [9.17, 15) is 18.0 Å². The average Bonchev–Trinajstić information content (AvgIpc) is 2.92. The van der Waals surface area contributed by atoms with Crippen molar-refractivity contribution in [3.8, 4) is 0 Å². The maximum absolute atomic E-state index is 13.0. The van der Waals surface area contributed by atoms with Crippen LogP contribution < -0.4 is 5.73 Å². The van der Waals surface area contributed by atoms with Crippen molar-refractivity contribution < 1.29 is 22.8 Å². The number of amidine groups is 1. The molecule has 2 rings (SSSR count). The number of alkyl halides is 3. The summed E-state index contributed by atoms with van der Waals surface area (Å²) in [6, 6.07) is 7.22. The van der Waals surface area contributed by atoms with Crippen molar-refractivity contribution in [1.29, 1.82) is 0 Å². The number of carbonyl (C=O) groups excluding carboxylic acids is 1. The molecule has 0 amide bonds. The molecular weight excluding hydrogens is 409 g/mol. The summed E-state index contributed by atoms with van der Waals surface area (Å²) in [4.78, 5) is 16.4. The van der Waals surface area contributed by atoms with E-state index in [4.69, 9.17) is 17.3 Å². The molecule has 156 valence electrons. The number of oxime groups is 1. The van der Waals surface area contributed by atoms with E-state index >= 15 is 0 Å². The van der Waals surface area contributed by atoms with Crippen LogP contribution in [0.15, 0.2) is 35.5 Å². The van der Waals surface area contributed by atoms with Crippen LogP contribution in [0.5, 0.6) is 0 Å². The molecule has 0 atom stereocenters. The highest BCUT2D eigenvalue weighted by Crippen LogP contribution is 2.34. The highest BCUT2D eigenvalue weighted by atomic mass is 35.5. The van der Waals surface area contributed by atoms with Crippen molar-refractivity contribution in [1.82, 2.24) is 9.78 Å². The Labute approximate surface area is 170 Å². The van der Waals surface area contributed by atoms with Gasteiger partial charge in [0.25, 0.3) is 0 Å². The Bertz CT molecular complexity index is 956. The van der Waals surface area contributed by atoms with E-state index < -0.39 is 23.4 Å². The van der Waals surface area contributed by atoms with Gasteiger partial charge in [-0.2, -0.15) is 18.3 Å². The summed E-state index contributed by atoms with van der Waals surface area (Å²) in [6.07, 6.45) is -3.10. The number of benzene rings is 1. The van der Waals surface area contributed by atoms with Crippen molar-refractivity contribution in [2.45, 2.75) is 32.4 Å². The molecule has 2 aromatic rings. The molecule has 0 spiro atoms. The smallest absolute Gasteiger partial charge is 0.380 e. The predicted molar refractivity (Wildman–Crippen MR) is 104 cm³/mol. The Morgan fingerprint density at radius 2 is 1.83 bits per heavy atom. The Morgan fingerprint density at radius 3 is 2.34 bits per heavy atom. The quantitative estimate of drug-likeness (QED) is 0.259. The highest BCUT2D eigenvalue weighted by Gasteiger charge is 2.38. The molecule has 0 aliphatic carbocycles. The van der Waals surface area contributed by atoms with Crippen LogP contribution in [0.3, 0.4) is 0 Å². The molecule has 0 unspecified atom stereocenters. The fourth-order valence-electron chi connectivity index (χ4n) is 2.35. The summed E-state index contributed by atoms with van der Waals surface area (Å²) in [5, 5.41) is 6.55. The second-order valence-corrected chi connectivity index (χ2v) is 7.58. The van der Waals surface area contributed by atoms with Crippen LogP contribution in [-0.2, 0) is 28.3 Å². The fourth-order valence-corrected chi connectivity index (χ4v) is 2.54. The molecule has 2 N–H and O–H groups in total. The fraction of sp³-hybridized carbons (Fsp3) is 0.316. The van der Waals surface area contributed by atoms with Gasteiger partial charge in [0.15, 0.2) is 11.5 Å². The van der Waals surface area contributed by atoms with Gasteiger partial charge in [0.2, 0.25) is 0 Å². The first-order chi connectivity index (χ1) is 13.3. The number of halogens is 4. The maximum atomic E-state index is 13.0. The van der Waals surface area contributed by atoms with E-state index in [1.807, 2.05) is 12.1 Å². The topological polar surface area (TPSA) is 82.5 Å². The number of nitrogens with two attached hydrogens (primary N) is 1. The summed E-state index contributed by atoms with van der Waals surface area (Å²) in [7, 11) is 1.25. The predicted octanol–water partition coefficient (Wildman–Crippen LogP) is 4.27. The Morgan fingerprint density at radius 1 is 1.24 bits per heavy atom. The van der Waals surface area contributed by atoms with Crippen LogP contribution in [-0.4, -0.2) is 21.6 Å². The van der Waals surface area contributed by atoms with Crippen LogP contribution in [0.25, 0.3) is 6.08 Å². The Hall–Kier alpha value is -2.81. The van der Waals surface area contributed by atoms with Crippen molar-refractivity contribution >= 4 is 29.5 Å². The molecule has 0 fully saturated rings. The second-order valence-electron chi connectivity index (χ2n) is 7.22. The molecule has 0 saturated carbocycles. The molecule has 0 saturated heterocycles. The van der Waals surface area contributed by atoms with E-state index in [1.165, 1.54) is 7.05 Å². The molecular formula is C19H20ClF3N4O2. The minimum atomic E-state index is -4.73. The van der Waals surface area contributed by atoms with Gasteiger partial charge in [-0.05, 0) is 17.1 Å². The summed E-state index contributed by atoms with van der Waals surface area (Å²) in [5.41, 5.74) is 5.70. The minimum absolute atomic E-state index is 0.0372. The average molecular weight is 429 g/mol. The summed E-state index contributed by atoms with van der Waals surface area (Å²) in [5.74, 6) is -1.07. The largest absolute Gasteiger partial charge is 0.435 e. The van der Waals surface area contributed by atoms with Crippen molar-refractivity contribution in [3.63, 3.8) is 0 Å². The zero-order valence-electron chi connectivity index (χ0n) is 16.2. The number of rotatable bonds is 4. The van der Waals surface area contributed by atoms with E-state index in [-0.39, 0.29) is 16.4 Å². The molecule has 1 aromatic carbocycles. The van der Waals surface area contributed by atoms with Crippen LogP contribution >= 0.6 is 11.6 Å². The van der Waals surface area contributed by atoms with Gasteiger partial charge in [-0.15, -0.1) is 0 Å². The highest BCUT2D eigenvalue weighted by molar-refractivity contribution is 6.31. The zero-order chi connectivity index (χ0) is 22.0. The molecule has 29 heavy (non-hydrogen) atoms. The second kappa shape index (κ2) is 8.28. The summed E-state index contributed by atoms with van der Waals surface area (Å²) in [6.45, 7) is 6.19. The zero-order valence-corrected chi connectivity index (χ0v) is 17.0. The number of aromatic nitrogens is 2. The van der Waals surface area contributed by atoms with E-state index in [2.05, 4.69) is 35.9 Å². The third-order valence-corrected chi connectivity index (χ3v) is 4.39. The number of hydrogen-bond acceptors (Lipinski definition) is 4. The van der Waals surface area contributed by atoms with Gasteiger partial charge in [-0.3, -0.25) is 4.68 Å². The molecule has 0 bridgehead atoms. The van der Waals surface area contributed by atoms with Gasteiger partial charge in [-0.25, -0.2) is 4.79 Å². The lowest BCUT2D eigenvalue weighted by atomic mass is 9.87. The molecule has 0 aliphatic rings. The SMILES string of the molecule is Cn1nc(C(F)(F)F)c(C=CC(=O)ON=C(N)c2ccc(C(C)(C)C)cc2)c1Cl. The van der Waals surface area contributed by atoms with Crippen LogP contribution in [0.2, 0.25) is 5.15 Å². The minimum Gasteiger partial charge on any atom is -0.380 e. The van der Waals surface area contributed by atoms with Gasteiger partial charge < -0.3 is 10.6 Å². The van der Waals surface area contributed by atoms with Gasteiger partial charge in [0.05, 0.1) is 0 Å². The Kier molecular flexibility index (Phi) is 6.42. The molecule has 6 nitrogen and oxygen atoms in total. The first-order valence-electron chi connectivity index (χ1n) is 8.44. The molecule has 1 heterocycles. The van der Waals surface area contributed by atoms with Crippen LogP contribution in [0.4, 0.5) is 13.2 Å². The molecule has 0 aliphatic heterocycles. The lowest BCUT2D eigenvalue weighted by Crippen LogP contribution is -2.16. The number of aryl methyl sites for hydroxylation is 1. The van der Waals surface area contributed by atoms with Gasteiger partial charge in [0.1, 0.15) is 5.15 Å². The lowest BCUT2D eigenvalue weighted by Gasteiger charge is -2.18. The lowest BCUT2D eigenvalue weighted by molar-refractivity contribution is -0.141. The van der Waals surface area contributed by atoms with E-state index in [0.717, 1.165) is 22.4 Å². The van der Waals surface area contributed by atoms with E-state index in [0.29, 0.717) is 5.56 Å². The maximum Gasteiger partial charge on any atom is 0.435 e. The number of carbonyl (C=O) groups is 1. The van der Waals surface area contributed by atoms with Crippen LogP contribution in [0, 0.1) is 0 Å². The number of nitrogens with zero attached hydrogens (tertiary/aromatic N) is 3. The van der Waals surface area contributed by atoms with Gasteiger partial charge in [-0.1, -0.05) is 61.8 Å². The third kappa shape index (κ3) is 5.60.